The fraction of sp³-hybridized carbons (Fsp3) is 0.500. The van der Waals surface area contributed by atoms with Crippen molar-refractivity contribution in [3.8, 4) is 0 Å². The van der Waals surface area contributed by atoms with Crippen LogP contribution >= 0.6 is 46.9 Å². The van der Waals surface area contributed by atoms with Gasteiger partial charge >= 0.3 is 125 Å². The second-order valence-corrected chi connectivity index (χ2v) is 30.9. The Labute approximate surface area is 371 Å². The number of hydrogen-bond acceptors (Lipinski definition) is 36. The normalized spacial score (nSPS) is 40.3. The molecule has 6 N–H and O–H groups in total. The van der Waals surface area contributed by atoms with Crippen LogP contribution < -0.4 is 0 Å². The number of aliphatic hydroxyl groups is 6. The van der Waals surface area contributed by atoms with Crippen molar-refractivity contribution in [2.75, 3.05) is 19.8 Å². The summed E-state index contributed by atoms with van der Waals surface area (Å²) in [4.78, 5) is 39.0. The van der Waals surface area contributed by atoms with E-state index in [0.29, 0.717) is 0 Å². The third kappa shape index (κ3) is 9.21. The molecular formula is C18H18Al4O36P6. The lowest BCUT2D eigenvalue weighted by Gasteiger charge is -2.38. The van der Waals surface area contributed by atoms with Crippen LogP contribution in [0.25, 0.3) is 0 Å². The Balaban J connectivity index is 1.08. The summed E-state index contributed by atoms with van der Waals surface area (Å²) < 4.78 is 187. The lowest BCUT2D eigenvalue weighted by atomic mass is 10.2. The van der Waals surface area contributed by atoms with Crippen molar-refractivity contribution in [3.63, 3.8) is 0 Å². The second-order valence-electron chi connectivity index (χ2n) is 12.5. The van der Waals surface area contributed by atoms with Crippen LogP contribution in [0.1, 0.15) is 0 Å². The minimum Gasteiger partial charge on any atom is -0.596 e. The molecule has 0 spiro atoms. The van der Waals surface area contributed by atoms with Crippen LogP contribution in [-0.4, -0.2) is 166 Å². The van der Waals surface area contributed by atoms with E-state index in [1.54, 1.807) is 0 Å². The smallest absolute Gasteiger partial charge is 0.596 e. The molecule has 5 fully saturated rings. The maximum atomic E-state index is 14.4. The van der Waals surface area contributed by atoms with Crippen LogP contribution in [-0.2, 0) is 126 Å². The number of carbonyl (C=O) groups excluding carboxylic acids is 3. The van der Waals surface area contributed by atoms with E-state index in [0.717, 1.165) is 0 Å². The fourth-order valence-electron chi connectivity index (χ4n) is 5.51. The van der Waals surface area contributed by atoms with E-state index >= 15 is 0 Å². The van der Waals surface area contributed by atoms with E-state index in [2.05, 4.69) is 11.5 Å². The van der Waals surface area contributed by atoms with E-state index in [9.17, 15) is 72.4 Å². The van der Waals surface area contributed by atoms with Gasteiger partial charge in [-0.15, -0.1) is 0 Å². The van der Waals surface area contributed by atoms with E-state index in [4.69, 9.17) is 72.8 Å². The molecule has 10 atom stereocenters. The van der Waals surface area contributed by atoms with Gasteiger partial charge in [-0.3, -0.25) is 0 Å². The van der Waals surface area contributed by atoms with Crippen molar-refractivity contribution in [1.82, 2.24) is 0 Å². The molecule has 0 aromatic rings. The quantitative estimate of drug-likeness (QED) is 0.0506. The van der Waals surface area contributed by atoms with Gasteiger partial charge in [0.2, 0.25) is 0 Å². The van der Waals surface area contributed by atoms with Crippen LogP contribution in [0, 0.1) is 0 Å². The summed E-state index contributed by atoms with van der Waals surface area (Å²) in [6.45, 7) is -3.56. The lowest BCUT2D eigenvalue weighted by molar-refractivity contribution is -0.148. The molecule has 0 radical (unpaired) electrons. The van der Waals surface area contributed by atoms with Crippen LogP contribution in [0.2, 0.25) is 0 Å². The average Bonchev–Trinajstić information content (AvgIpc) is 3.78. The van der Waals surface area contributed by atoms with Gasteiger partial charge in [0.1, 0.15) is 18.3 Å². The highest BCUT2D eigenvalue weighted by molar-refractivity contribution is 7.68. The average molecular weight is 1100 g/mol. The summed E-state index contributed by atoms with van der Waals surface area (Å²) >= 11 is -17.2. The predicted molar refractivity (Wildman–Crippen MR) is 178 cm³/mol. The number of hydrogen-bond donors (Lipinski definition) is 6. The van der Waals surface area contributed by atoms with Gasteiger partial charge in [-0.2, -0.15) is 12.9 Å². The van der Waals surface area contributed by atoms with Crippen molar-refractivity contribution in [2.24, 2.45) is 0 Å². The van der Waals surface area contributed by atoms with E-state index in [-0.39, 0.29) is 0 Å². The predicted octanol–water partition coefficient (Wildman–Crippen LogP) is -2.57. The zero-order valence-electron chi connectivity index (χ0n) is 30.0. The topological polar surface area (TPSA) is 469 Å². The van der Waals surface area contributed by atoms with Gasteiger partial charge in [0.15, 0.2) is 35.6 Å². The third-order valence-corrected chi connectivity index (χ3v) is 31.0. The monoisotopic (exact) mass is 1100 g/mol. The van der Waals surface area contributed by atoms with Crippen molar-refractivity contribution in [1.29, 1.82) is 0 Å². The maximum absolute atomic E-state index is 14.4. The first-order chi connectivity index (χ1) is 30.0. The number of ether oxygens (including phenoxy) is 3. The molecule has 348 valence electrons. The number of esters is 3. The minimum atomic E-state index is -6.01. The number of phosphoric acid groups is 6. The zero-order chi connectivity index (χ0) is 45.9. The van der Waals surface area contributed by atoms with Gasteiger partial charge in [0.05, 0.1) is 19.8 Å². The Kier molecular flexibility index (Phi) is 13.0. The maximum Gasteiger partial charge on any atom is 1.02 e. The van der Waals surface area contributed by atoms with Gasteiger partial charge in [-0.05, 0) is 0 Å². The Morgan fingerprint density at radius 3 is 1.62 bits per heavy atom. The molecule has 46 heteroatoms. The van der Waals surface area contributed by atoms with Gasteiger partial charge in [-0.25, -0.2) is 41.8 Å². The molecular weight excluding hydrogens is 1090 g/mol. The first-order valence-corrected chi connectivity index (χ1v) is 31.1. The molecule has 4 unspecified atom stereocenters. The first kappa shape index (κ1) is 48.3. The zero-order valence-corrected chi connectivity index (χ0v) is 40.0. The standard InChI is InChI=1S/3C6H10O12P2.4Al/c3*7-1-2(8)4-3(9)5(6(10)16-4)17-20(14,15)18-19(11,12)13;;;;/h3*2,4,7-9H,1H2,(H,14,15)(H2,11,12,13);;;;/q;;;4*+3/p-12/t3*2-,4+;;;;/m000..../s1. The molecule has 11 rings (SSSR count). The highest BCUT2D eigenvalue weighted by Gasteiger charge is 2.72. The van der Waals surface area contributed by atoms with Crippen LogP contribution in [0.4, 0.5) is 0 Å². The Morgan fingerprint density at radius 2 is 1.02 bits per heavy atom. The van der Waals surface area contributed by atoms with Gasteiger partial charge in [-0.1, -0.05) is 0 Å². The molecule has 0 aromatic heterocycles. The van der Waals surface area contributed by atoms with Gasteiger partial charge in [0, 0.05) is 0 Å². The van der Waals surface area contributed by atoms with Crippen molar-refractivity contribution in [2.45, 2.75) is 36.6 Å². The molecule has 0 aromatic carbocycles. The second kappa shape index (κ2) is 17.3. The molecule has 36 nitrogen and oxygen atoms in total. The molecule has 11 aliphatic rings. The van der Waals surface area contributed by atoms with Crippen LogP contribution in [0.5, 0.6) is 0 Å². The number of aliphatic hydroxyl groups excluding tert-OH is 6. The SMILES string of the molecule is O=C1O[C@H]([C@@H](O)CO)C([O][Al]2[O]P3(=O)OC4=C([O][Al]([O]P5(=O)OC6=C([O][Al]7[O]P(=O)([O]7)O5)[C@@H]([C@@H](O)CO)OC6=O)[O]P(=O)([O]2)O3)[C@@H]([C@@H](O)CO)OC4=O)=C1OP1(=O)[O][Al]2[O]P(=O)([O]2)O1. The Bertz CT molecular complexity index is 2440. The molecule has 5 saturated heterocycles. The lowest BCUT2D eigenvalue weighted by Crippen LogP contribution is -2.39. The van der Waals surface area contributed by atoms with E-state index in [1.807, 2.05) is 0 Å². The van der Waals surface area contributed by atoms with Gasteiger partial charge in [0.25, 0.3) is 17.3 Å². The first-order valence-electron chi connectivity index (χ1n) is 16.7. The fourth-order valence-corrected chi connectivity index (χ4v) is 27.8. The minimum absolute atomic E-state index is 0.866. The number of fused-ring (bicyclic) bond motifs is 6. The Hall–Kier alpha value is -0.780. The van der Waals surface area contributed by atoms with Crippen molar-refractivity contribution < 1.29 is 157 Å². The van der Waals surface area contributed by atoms with E-state index in [1.165, 1.54) is 0 Å². The van der Waals surface area contributed by atoms with Gasteiger partial charge < -0.3 is 102 Å². The number of cyclic esters (lactones) is 3. The number of carbonyl (C=O) groups is 3. The van der Waals surface area contributed by atoms with Crippen molar-refractivity contribution in [3.05, 3.63) is 34.6 Å². The largest absolute Gasteiger partial charge is 1.02 e. The summed E-state index contributed by atoms with van der Waals surface area (Å²) in [5, 5.41) is 60.0. The van der Waals surface area contributed by atoms with Crippen LogP contribution in [0.3, 0.4) is 0 Å². The molecule has 6 bridgehead atoms. The molecule has 64 heavy (non-hydrogen) atoms. The summed E-state index contributed by atoms with van der Waals surface area (Å²) in [5.41, 5.74) is 0. The molecule has 0 saturated carbocycles. The van der Waals surface area contributed by atoms with Crippen molar-refractivity contribution >= 4 is 125 Å². The number of rotatable bonds is 12. The summed E-state index contributed by atoms with van der Waals surface area (Å²) in [6.07, 6.45) is -12.6. The highest BCUT2D eigenvalue weighted by atomic mass is 31.3. The molecule has 0 aliphatic carbocycles. The summed E-state index contributed by atoms with van der Waals surface area (Å²) in [7, 11) is -32.5. The summed E-state index contributed by atoms with van der Waals surface area (Å²) in [6, 6.07) is 0. The van der Waals surface area contributed by atoms with Crippen LogP contribution in [0.15, 0.2) is 34.6 Å². The highest BCUT2D eigenvalue weighted by Crippen LogP contribution is 2.78. The van der Waals surface area contributed by atoms with E-state index < -0.39 is 216 Å². The Morgan fingerprint density at radius 1 is 0.531 bits per heavy atom. The molecule has 11 aliphatic heterocycles. The summed E-state index contributed by atoms with van der Waals surface area (Å²) in [5.74, 6) is -12.3. The molecule has 0 amide bonds. The molecule has 11 heterocycles. The third-order valence-electron chi connectivity index (χ3n) is 8.13.